The molecule has 41 heavy (non-hydrogen) atoms. The molecule has 3 aliphatic heterocycles. The average Bonchev–Trinajstić information content (AvgIpc) is 3.52. The van der Waals surface area contributed by atoms with Gasteiger partial charge in [-0.15, -0.1) is 0 Å². The minimum absolute atomic E-state index is 0.0391. The predicted octanol–water partition coefficient (Wildman–Crippen LogP) is 3.59. The third-order valence-electron chi connectivity index (χ3n) is 8.08. The molecule has 1 unspecified atom stereocenters. The normalized spacial score (nSPS) is 20.7. The van der Waals surface area contributed by atoms with Crippen LogP contribution in [-0.4, -0.2) is 77.7 Å². The molecule has 2 aromatic rings. The Morgan fingerprint density at radius 3 is 2.27 bits per heavy atom. The molecule has 9 heteroatoms. The molecule has 3 amide bonds. The Labute approximate surface area is 241 Å². The highest BCUT2D eigenvalue weighted by Gasteiger charge is 2.52. The lowest BCUT2D eigenvalue weighted by molar-refractivity contribution is -0.138. The molecule has 2 saturated heterocycles. The zero-order valence-electron chi connectivity index (χ0n) is 24.4. The van der Waals surface area contributed by atoms with E-state index in [4.69, 9.17) is 9.47 Å². The van der Waals surface area contributed by atoms with Crippen LogP contribution < -0.4 is 14.8 Å². The Morgan fingerprint density at radius 1 is 0.951 bits per heavy atom. The molecule has 0 spiro atoms. The fourth-order valence-electron chi connectivity index (χ4n) is 5.94. The first-order chi connectivity index (χ1) is 19.4. The van der Waals surface area contributed by atoms with Crippen molar-refractivity contribution in [2.75, 3.05) is 26.3 Å². The van der Waals surface area contributed by atoms with Gasteiger partial charge in [0.25, 0.3) is 11.8 Å². The quantitative estimate of drug-likeness (QED) is 0.578. The summed E-state index contributed by atoms with van der Waals surface area (Å²) < 4.78 is 11.2. The van der Waals surface area contributed by atoms with Gasteiger partial charge in [0, 0.05) is 17.7 Å². The minimum atomic E-state index is -0.779. The second kappa shape index (κ2) is 11.2. The smallest absolute Gasteiger partial charge is 0.254 e. The second-order valence-corrected chi connectivity index (χ2v) is 12.6. The van der Waals surface area contributed by atoms with Gasteiger partial charge in [-0.1, -0.05) is 46.8 Å². The van der Waals surface area contributed by atoms with Gasteiger partial charge >= 0.3 is 0 Å². The summed E-state index contributed by atoms with van der Waals surface area (Å²) in [7, 11) is 0. The van der Waals surface area contributed by atoms with Gasteiger partial charge < -0.3 is 24.6 Å². The van der Waals surface area contributed by atoms with E-state index < -0.39 is 18.1 Å². The molecule has 0 saturated carbocycles. The zero-order chi connectivity index (χ0) is 29.5. The van der Waals surface area contributed by atoms with Crippen molar-refractivity contribution in [2.45, 2.75) is 71.0 Å². The first-order valence-electron chi connectivity index (χ1n) is 14.4. The monoisotopic (exact) mass is 561 g/mol. The molecule has 218 valence electrons. The van der Waals surface area contributed by atoms with Crippen LogP contribution in [0, 0.1) is 5.92 Å². The van der Waals surface area contributed by atoms with Gasteiger partial charge in [0.2, 0.25) is 5.91 Å². The van der Waals surface area contributed by atoms with Gasteiger partial charge in [0.05, 0.1) is 12.6 Å². The highest BCUT2D eigenvalue weighted by Crippen LogP contribution is 2.35. The lowest BCUT2D eigenvalue weighted by atomic mass is 9.86. The van der Waals surface area contributed by atoms with E-state index >= 15 is 0 Å². The number of Topliss-reactive ketones (excluding diaryl/α,β-unsaturated/α-hetero) is 1. The van der Waals surface area contributed by atoms with Crippen LogP contribution in [-0.2, 0) is 15.0 Å². The SMILES string of the molecule is CC(C)CC(NC(=O)c1ccc(C(C)(C)C)cc1)C(=O)N1CC[C@@H]2[C@H]1C(=O)CN2C(=O)c1ccc2c(c1)OCCO2. The molecular weight excluding hydrogens is 522 g/mol. The third-order valence-corrected chi connectivity index (χ3v) is 8.08. The Kier molecular flexibility index (Phi) is 7.81. The van der Waals surface area contributed by atoms with Crippen molar-refractivity contribution in [2.24, 2.45) is 5.92 Å². The van der Waals surface area contributed by atoms with Crippen molar-refractivity contribution in [3.05, 3.63) is 59.2 Å². The molecule has 2 fully saturated rings. The Hall–Kier alpha value is -3.88. The Morgan fingerprint density at radius 2 is 1.61 bits per heavy atom. The van der Waals surface area contributed by atoms with Crippen molar-refractivity contribution in [1.29, 1.82) is 0 Å². The van der Waals surface area contributed by atoms with Crippen LogP contribution >= 0.6 is 0 Å². The van der Waals surface area contributed by atoms with Gasteiger partial charge in [0.15, 0.2) is 17.3 Å². The molecule has 5 rings (SSSR count). The molecule has 0 aliphatic carbocycles. The van der Waals surface area contributed by atoms with Crippen molar-refractivity contribution >= 4 is 23.5 Å². The lowest BCUT2D eigenvalue weighted by Gasteiger charge is -2.29. The third kappa shape index (κ3) is 5.80. The maximum atomic E-state index is 13.9. The van der Waals surface area contributed by atoms with Crippen LogP contribution in [0.25, 0.3) is 0 Å². The molecule has 0 radical (unpaired) electrons. The average molecular weight is 562 g/mol. The lowest BCUT2D eigenvalue weighted by Crippen LogP contribution is -2.53. The molecule has 1 N–H and O–H groups in total. The topological polar surface area (TPSA) is 105 Å². The van der Waals surface area contributed by atoms with Crippen molar-refractivity contribution in [3.63, 3.8) is 0 Å². The van der Waals surface area contributed by atoms with Gasteiger partial charge in [-0.05, 0) is 60.1 Å². The van der Waals surface area contributed by atoms with Crippen LogP contribution in [0.4, 0.5) is 0 Å². The number of rotatable bonds is 6. The highest BCUT2D eigenvalue weighted by molar-refractivity contribution is 6.03. The number of amides is 3. The predicted molar refractivity (Wildman–Crippen MR) is 153 cm³/mol. The van der Waals surface area contributed by atoms with Crippen LogP contribution in [0.2, 0.25) is 0 Å². The van der Waals surface area contributed by atoms with Gasteiger partial charge in [-0.2, -0.15) is 0 Å². The summed E-state index contributed by atoms with van der Waals surface area (Å²) in [5.41, 5.74) is 1.96. The standard InChI is InChI=1S/C32H39N3O6/c1-19(2)16-23(33-29(37)20-6-9-22(10-7-20)32(3,4)5)31(39)34-13-12-24-28(34)25(36)18-35(24)30(38)21-8-11-26-27(17-21)41-15-14-40-26/h6-11,17,19,23-24,28H,12-16,18H2,1-5H3,(H,33,37)/t23?,24-,28+/m1/s1. The molecule has 3 aliphatic rings. The number of carbonyl (C=O) groups excluding carboxylic acids is 4. The van der Waals surface area contributed by atoms with Gasteiger partial charge in [-0.25, -0.2) is 0 Å². The minimum Gasteiger partial charge on any atom is -0.486 e. The molecule has 0 bridgehead atoms. The van der Waals surface area contributed by atoms with Crippen molar-refractivity contribution in [3.8, 4) is 11.5 Å². The van der Waals surface area contributed by atoms with E-state index in [9.17, 15) is 19.2 Å². The summed E-state index contributed by atoms with van der Waals surface area (Å²) in [5, 5.41) is 2.94. The summed E-state index contributed by atoms with van der Waals surface area (Å²) >= 11 is 0. The number of carbonyl (C=O) groups is 4. The van der Waals surface area contributed by atoms with E-state index in [1.54, 1.807) is 40.1 Å². The Bertz CT molecular complexity index is 1350. The maximum absolute atomic E-state index is 13.9. The summed E-state index contributed by atoms with van der Waals surface area (Å²) in [6, 6.07) is 10.5. The number of nitrogens with zero attached hydrogens (tertiary/aromatic N) is 2. The highest BCUT2D eigenvalue weighted by atomic mass is 16.6. The maximum Gasteiger partial charge on any atom is 0.254 e. The summed E-state index contributed by atoms with van der Waals surface area (Å²) in [5.74, 6) is 0.179. The van der Waals surface area contributed by atoms with Crippen molar-refractivity contribution < 1.29 is 28.7 Å². The van der Waals surface area contributed by atoms with E-state index in [2.05, 4.69) is 26.1 Å². The van der Waals surface area contributed by atoms with Crippen LogP contribution in [0.5, 0.6) is 11.5 Å². The number of hydrogen-bond acceptors (Lipinski definition) is 6. The van der Waals surface area contributed by atoms with Crippen LogP contribution in [0.15, 0.2) is 42.5 Å². The van der Waals surface area contributed by atoms with Gasteiger partial charge in [0.1, 0.15) is 25.3 Å². The summed E-state index contributed by atoms with van der Waals surface area (Å²) in [4.78, 5) is 56.9. The fourth-order valence-corrected chi connectivity index (χ4v) is 5.94. The number of benzene rings is 2. The van der Waals surface area contributed by atoms with Gasteiger partial charge in [-0.3, -0.25) is 19.2 Å². The number of nitrogens with one attached hydrogen (secondary N) is 1. The zero-order valence-corrected chi connectivity index (χ0v) is 24.4. The summed E-state index contributed by atoms with van der Waals surface area (Å²) in [6.45, 7) is 11.5. The fraction of sp³-hybridized carbons (Fsp3) is 0.500. The molecule has 3 heterocycles. The molecule has 0 aromatic heterocycles. The molecular formula is C32H39N3O6. The first-order valence-corrected chi connectivity index (χ1v) is 14.4. The number of hydrogen-bond donors (Lipinski definition) is 1. The second-order valence-electron chi connectivity index (χ2n) is 12.6. The van der Waals surface area contributed by atoms with Crippen LogP contribution in [0.3, 0.4) is 0 Å². The van der Waals surface area contributed by atoms with E-state index in [0.717, 1.165) is 5.56 Å². The van der Waals surface area contributed by atoms with E-state index in [1.807, 2.05) is 26.0 Å². The Balaban J connectivity index is 1.30. The number of fused-ring (bicyclic) bond motifs is 2. The molecule has 2 aromatic carbocycles. The summed E-state index contributed by atoms with van der Waals surface area (Å²) in [6.07, 6.45) is 0.932. The van der Waals surface area contributed by atoms with Crippen molar-refractivity contribution in [1.82, 2.24) is 15.1 Å². The molecule has 3 atom stereocenters. The van der Waals surface area contributed by atoms with Crippen LogP contribution in [0.1, 0.15) is 73.7 Å². The number of likely N-dealkylation sites (tertiary alicyclic amines) is 2. The number of ether oxygens (including phenoxy) is 2. The largest absolute Gasteiger partial charge is 0.486 e. The molecule has 9 nitrogen and oxygen atoms in total. The first kappa shape index (κ1) is 28.6. The van der Waals surface area contributed by atoms with E-state index in [0.29, 0.717) is 55.2 Å². The van der Waals surface area contributed by atoms with E-state index in [-0.39, 0.29) is 41.4 Å². The van der Waals surface area contributed by atoms with E-state index in [1.165, 1.54) is 0 Å². The number of ketones is 1.